The van der Waals surface area contributed by atoms with Gasteiger partial charge < -0.3 is 9.32 Å². The van der Waals surface area contributed by atoms with Gasteiger partial charge in [-0.1, -0.05) is 30.3 Å². The molecule has 0 N–H and O–H groups in total. The van der Waals surface area contributed by atoms with Crippen LogP contribution in [0.4, 0.5) is 5.69 Å². The molecule has 6 heteroatoms. The third kappa shape index (κ3) is 3.49. The fourth-order valence-electron chi connectivity index (χ4n) is 2.66. The van der Waals surface area contributed by atoms with E-state index in [1.165, 1.54) is 23.1 Å². The third-order valence-electron chi connectivity index (χ3n) is 4.32. The Morgan fingerprint density at radius 2 is 1.88 bits per heavy atom. The highest BCUT2D eigenvalue weighted by Crippen LogP contribution is 2.27. The summed E-state index contributed by atoms with van der Waals surface area (Å²) in [7, 11) is 1.67. The molecule has 0 saturated heterocycles. The van der Waals surface area contributed by atoms with Crippen molar-refractivity contribution in [1.82, 2.24) is 4.90 Å². The summed E-state index contributed by atoms with van der Waals surface area (Å²) in [6.45, 7) is 1.87. The molecule has 0 aliphatic rings. The summed E-state index contributed by atoms with van der Waals surface area (Å²) in [5.74, 6) is 0.414. The molecule has 1 aromatic heterocycles. The highest BCUT2D eigenvalue weighted by atomic mass is 16.6. The second-order valence-corrected chi connectivity index (χ2v) is 5.96. The second kappa shape index (κ2) is 7.23. The summed E-state index contributed by atoms with van der Waals surface area (Å²) in [6.07, 6.45) is 2.80. The Morgan fingerprint density at radius 3 is 2.62 bits per heavy atom. The van der Waals surface area contributed by atoms with Crippen molar-refractivity contribution in [2.24, 2.45) is 0 Å². The average Bonchev–Trinajstić information content (AvgIpc) is 3.09. The Morgan fingerprint density at radius 1 is 1.19 bits per heavy atom. The van der Waals surface area contributed by atoms with Gasteiger partial charge in [0.05, 0.1) is 16.5 Å². The number of para-hydroxylation sites is 2. The van der Waals surface area contributed by atoms with Crippen molar-refractivity contribution < 1.29 is 14.1 Å². The molecule has 2 aromatic carbocycles. The Hall–Kier alpha value is -3.41. The number of nitro benzene ring substituents is 1. The van der Waals surface area contributed by atoms with E-state index in [0.29, 0.717) is 11.3 Å². The second-order valence-electron chi connectivity index (χ2n) is 5.96. The minimum Gasteiger partial charge on any atom is -0.459 e. The molecule has 3 aromatic rings. The summed E-state index contributed by atoms with van der Waals surface area (Å²) in [4.78, 5) is 24.6. The standard InChI is InChI=1S/C20H18N2O4/c1-14(19-13-16-8-4-6-10-18(16)26-19)21(2)20(23)12-11-15-7-3-5-9-17(15)22(24)25/h3-14H,1-2H3/b12-11+. The number of hydrogen-bond donors (Lipinski definition) is 0. The van der Waals surface area contributed by atoms with Gasteiger partial charge in [-0.25, -0.2) is 0 Å². The largest absolute Gasteiger partial charge is 0.459 e. The fraction of sp³-hybridized carbons (Fsp3) is 0.150. The van der Waals surface area contributed by atoms with Crippen molar-refractivity contribution >= 4 is 28.6 Å². The van der Waals surface area contributed by atoms with Crippen molar-refractivity contribution in [2.45, 2.75) is 13.0 Å². The third-order valence-corrected chi connectivity index (χ3v) is 4.32. The van der Waals surface area contributed by atoms with Gasteiger partial charge in [0.1, 0.15) is 11.3 Å². The van der Waals surface area contributed by atoms with Crippen LogP contribution < -0.4 is 0 Å². The first-order chi connectivity index (χ1) is 12.5. The first kappa shape index (κ1) is 17.4. The Balaban J connectivity index is 1.78. The number of nitro groups is 1. The normalized spacial score (nSPS) is 12.4. The van der Waals surface area contributed by atoms with E-state index in [9.17, 15) is 14.9 Å². The van der Waals surface area contributed by atoms with Crippen LogP contribution in [0.3, 0.4) is 0 Å². The van der Waals surface area contributed by atoms with Gasteiger partial charge in [0, 0.05) is 24.6 Å². The lowest BCUT2D eigenvalue weighted by atomic mass is 10.1. The van der Waals surface area contributed by atoms with Crippen LogP contribution in [0.2, 0.25) is 0 Å². The van der Waals surface area contributed by atoms with Gasteiger partial charge in [-0.15, -0.1) is 0 Å². The topological polar surface area (TPSA) is 76.6 Å². The SMILES string of the molecule is CC(c1cc2ccccc2o1)N(C)C(=O)/C=C/c1ccccc1[N+](=O)[O-]. The van der Waals surface area contributed by atoms with Crippen LogP contribution in [-0.4, -0.2) is 22.8 Å². The lowest BCUT2D eigenvalue weighted by Crippen LogP contribution is -2.27. The quantitative estimate of drug-likeness (QED) is 0.383. The predicted molar refractivity (Wildman–Crippen MR) is 99.5 cm³/mol. The van der Waals surface area contributed by atoms with E-state index in [1.54, 1.807) is 25.2 Å². The van der Waals surface area contributed by atoms with Crippen LogP contribution in [0.15, 0.2) is 65.1 Å². The van der Waals surface area contributed by atoms with Crippen molar-refractivity contribution in [3.8, 4) is 0 Å². The highest BCUT2D eigenvalue weighted by Gasteiger charge is 2.19. The van der Waals surface area contributed by atoms with Crippen molar-refractivity contribution in [3.05, 3.63) is 82.1 Å². The van der Waals surface area contributed by atoms with Gasteiger partial charge in [-0.3, -0.25) is 14.9 Å². The summed E-state index contributed by atoms with van der Waals surface area (Å²) in [6, 6.07) is 15.6. The molecule has 0 radical (unpaired) electrons. The van der Waals surface area contributed by atoms with E-state index in [2.05, 4.69) is 0 Å². The van der Waals surface area contributed by atoms with Crippen molar-refractivity contribution in [2.75, 3.05) is 7.05 Å². The molecule has 0 fully saturated rings. The number of fused-ring (bicyclic) bond motifs is 1. The minimum atomic E-state index is -0.467. The molecule has 1 atom stereocenters. The average molecular weight is 350 g/mol. The molecule has 1 unspecified atom stereocenters. The van der Waals surface area contributed by atoms with Crippen LogP contribution in [0.25, 0.3) is 17.0 Å². The van der Waals surface area contributed by atoms with E-state index in [1.807, 2.05) is 37.3 Å². The first-order valence-corrected chi connectivity index (χ1v) is 8.14. The molecule has 6 nitrogen and oxygen atoms in total. The molecule has 132 valence electrons. The van der Waals surface area contributed by atoms with Gasteiger partial charge in [0.2, 0.25) is 5.91 Å². The molecule has 1 amide bonds. The number of amides is 1. The summed E-state index contributed by atoms with van der Waals surface area (Å²) < 4.78 is 5.81. The number of furan rings is 1. The van der Waals surface area contributed by atoms with Crippen molar-refractivity contribution in [1.29, 1.82) is 0 Å². The van der Waals surface area contributed by atoms with Crippen LogP contribution in [0.1, 0.15) is 24.3 Å². The van der Waals surface area contributed by atoms with Crippen LogP contribution in [0, 0.1) is 10.1 Å². The zero-order valence-corrected chi connectivity index (χ0v) is 14.5. The number of carbonyl (C=O) groups excluding carboxylic acids is 1. The number of likely N-dealkylation sites (N-methyl/N-ethyl adjacent to an activating group) is 1. The molecular weight excluding hydrogens is 332 g/mol. The molecule has 0 saturated carbocycles. The van der Waals surface area contributed by atoms with Crippen LogP contribution >= 0.6 is 0 Å². The molecule has 0 spiro atoms. The predicted octanol–water partition coefficient (Wildman–Crippen LogP) is 4.57. The zero-order chi connectivity index (χ0) is 18.7. The lowest BCUT2D eigenvalue weighted by Gasteiger charge is -2.21. The lowest BCUT2D eigenvalue weighted by molar-refractivity contribution is -0.385. The number of benzene rings is 2. The van der Waals surface area contributed by atoms with Crippen molar-refractivity contribution in [3.63, 3.8) is 0 Å². The van der Waals surface area contributed by atoms with E-state index >= 15 is 0 Å². The van der Waals surface area contributed by atoms with Gasteiger partial charge in [-0.2, -0.15) is 0 Å². The molecule has 1 heterocycles. The van der Waals surface area contributed by atoms with Crippen LogP contribution in [-0.2, 0) is 4.79 Å². The van der Waals surface area contributed by atoms with E-state index in [-0.39, 0.29) is 17.6 Å². The molecule has 0 bridgehead atoms. The highest BCUT2D eigenvalue weighted by molar-refractivity contribution is 5.92. The maximum Gasteiger partial charge on any atom is 0.276 e. The Bertz CT molecular complexity index is 957. The van der Waals surface area contributed by atoms with E-state index < -0.39 is 4.92 Å². The molecule has 3 rings (SSSR count). The Kier molecular flexibility index (Phi) is 4.84. The van der Waals surface area contributed by atoms with Gasteiger partial charge in [0.25, 0.3) is 5.69 Å². The van der Waals surface area contributed by atoms with E-state index in [0.717, 1.165) is 11.0 Å². The smallest absolute Gasteiger partial charge is 0.276 e. The Labute approximate surface area is 150 Å². The summed E-state index contributed by atoms with van der Waals surface area (Å²) >= 11 is 0. The van der Waals surface area contributed by atoms with E-state index in [4.69, 9.17) is 4.42 Å². The summed E-state index contributed by atoms with van der Waals surface area (Å²) in [5, 5.41) is 12.0. The monoisotopic (exact) mass is 350 g/mol. The van der Waals surface area contributed by atoms with Gasteiger partial charge in [-0.05, 0) is 31.2 Å². The maximum atomic E-state index is 12.5. The molecule has 26 heavy (non-hydrogen) atoms. The molecule has 0 aliphatic carbocycles. The van der Waals surface area contributed by atoms with Gasteiger partial charge in [0.15, 0.2) is 0 Å². The zero-order valence-electron chi connectivity index (χ0n) is 14.5. The maximum absolute atomic E-state index is 12.5. The number of rotatable bonds is 5. The number of carbonyl (C=O) groups is 1. The first-order valence-electron chi connectivity index (χ1n) is 8.14. The number of nitrogens with zero attached hydrogens (tertiary/aromatic N) is 2. The molecular formula is C20H18N2O4. The minimum absolute atomic E-state index is 0.0375. The van der Waals surface area contributed by atoms with Crippen LogP contribution in [0.5, 0.6) is 0 Å². The molecule has 0 aliphatic heterocycles. The number of hydrogen-bond acceptors (Lipinski definition) is 4. The fourth-order valence-corrected chi connectivity index (χ4v) is 2.66. The van der Waals surface area contributed by atoms with Gasteiger partial charge >= 0.3 is 0 Å². The summed E-state index contributed by atoms with van der Waals surface area (Å²) in [5.41, 5.74) is 1.12.